The molecule has 150 valence electrons. The summed E-state index contributed by atoms with van der Waals surface area (Å²) in [6, 6.07) is 13.6. The summed E-state index contributed by atoms with van der Waals surface area (Å²) in [5.41, 5.74) is 0.491. The van der Waals surface area contributed by atoms with E-state index in [0.29, 0.717) is 21.5 Å². The van der Waals surface area contributed by atoms with Gasteiger partial charge in [-0.25, -0.2) is 0 Å². The van der Waals surface area contributed by atoms with Crippen molar-refractivity contribution in [1.82, 2.24) is 10.6 Å². The minimum absolute atomic E-state index is 0.0739. The number of carbonyl (C=O) groups excluding carboxylic acids is 1. The predicted octanol–water partition coefficient (Wildman–Crippen LogP) is 5.17. The van der Waals surface area contributed by atoms with E-state index in [0.717, 1.165) is 0 Å². The third kappa shape index (κ3) is 7.70. The number of thiocarbonyl (C=S) groups is 1. The van der Waals surface area contributed by atoms with Crippen LogP contribution in [0.25, 0.3) is 0 Å². The number of anilines is 1. The zero-order chi connectivity index (χ0) is 20.7. The van der Waals surface area contributed by atoms with Gasteiger partial charge in [0.05, 0.1) is 10.7 Å². The van der Waals surface area contributed by atoms with Crippen molar-refractivity contribution in [2.24, 2.45) is 0 Å². The third-order valence-electron chi connectivity index (χ3n) is 3.20. The first-order valence-corrected chi connectivity index (χ1v) is 10.0. The SMILES string of the molecule is O=C(COc1ccccc1)NC(NC(=S)Nc1ccc(Cl)cc1Cl)C(Cl)(Cl)Cl. The van der Waals surface area contributed by atoms with Crippen LogP contribution in [0, 0.1) is 0 Å². The first kappa shape index (κ1) is 23.1. The highest BCUT2D eigenvalue weighted by Gasteiger charge is 2.34. The van der Waals surface area contributed by atoms with Gasteiger partial charge in [-0.15, -0.1) is 0 Å². The maximum absolute atomic E-state index is 12.2. The molecule has 0 spiro atoms. The van der Waals surface area contributed by atoms with Crippen LogP contribution in [0.4, 0.5) is 5.69 Å². The van der Waals surface area contributed by atoms with Crippen LogP contribution in [0.5, 0.6) is 5.75 Å². The number of amides is 1. The van der Waals surface area contributed by atoms with Gasteiger partial charge in [0.15, 0.2) is 11.7 Å². The lowest BCUT2D eigenvalue weighted by molar-refractivity contribution is -0.123. The number of para-hydroxylation sites is 1. The molecule has 0 heterocycles. The fourth-order valence-corrected chi connectivity index (χ4v) is 2.96. The number of benzene rings is 2. The van der Waals surface area contributed by atoms with E-state index in [-0.39, 0.29) is 11.7 Å². The van der Waals surface area contributed by atoms with Crippen LogP contribution in [-0.2, 0) is 4.79 Å². The molecule has 1 unspecified atom stereocenters. The Morgan fingerprint density at radius 1 is 1.07 bits per heavy atom. The van der Waals surface area contributed by atoms with Crippen LogP contribution in [0.15, 0.2) is 48.5 Å². The third-order valence-corrected chi connectivity index (χ3v) is 4.62. The first-order chi connectivity index (χ1) is 13.1. The van der Waals surface area contributed by atoms with Gasteiger partial charge in [0.25, 0.3) is 5.91 Å². The predicted molar refractivity (Wildman–Crippen MR) is 120 cm³/mol. The second-order valence-electron chi connectivity index (χ2n) is 5.37. The summed E-state index contributed by atoms with van der Waals surface area (Å²) in [5.74, 6) is 0.0191. The molecule has 0 saturated carbocycles. The Labute approximate surface area is 192 Å². The summed E-state index contributed by atoms with van der Waals surface area (Å²) < 4.78 is 3.47. The normalized spacial score (nSPS) is 12.0. The summed E-state index contributed by atoms with van der Waals surface area (Å²) >= 11 is 35.0. The molecule has 1 atom stereocenters. The summed E-state index contributed by atoms with van der Waals surface area (Å²) in [5, 5.41) is 8.97. The van der Waals surface area contributed by atoms with Crippen molar-refractivity contribution in [2.75, 3.05) is 11.9 Å². The van der Waals surface area contributed by atoms with E-state index in [1.54, 1.807) is 42.5 Å². The van der Waals surface area contributed by atoms with Crippen LogP contribution in [0.2, 0.25) is 10.0 Å². The zero-order valence-corrected chi connectivity index (χ0v) is 18.6. The Morgan fingerprint density at radius 3 is 2.36 bits per heavy atom. The van der Waals surface area contributed by atoms with Crippen LogP contribution in [-0.4, -0.2) is 27.6 Å². The van der Waals surface area contributed by atoms with Gasteiger partial charge in [0.2, 0.25) is 3.79 Å². The number of carbonyl (C=O) groups is 1. The first-order valence-electron chi connectivity index (χ1n) is 7.71. The largest absolute Gasteiger partial charge is 0.484 e. The molecule has 11 heteroatoms. The second kappa shape index (κ2) is 10.6. The standard InChI is InChI=1S/C17H14Cl5N3O2S/c18-10-6-7-13(12(19)8-10)23-16(28)25-15(17(20,21)22)24-14(26)9-27-11-4-2-1-3-5-11/h1-8,15H,9H2,(H,24,26)(H2,23,25,28). The molecule has 2 aromatic rings. The van der Waals surface area contributed by atoms with Crippen molar-refractivity contribution in [1.29, 1.82) is 0 Å². The van der Waals surface area contributed by atoms with Crippen LogP contribution in [0.3, 0.4) is 0 Å². The lowest BCUT2D eigenvalue weighted by Crippen LogP contribution is -2.57. The molecular weight excluding hydrogens is 488 g/mol. The summed E-state index contributed by atoms with van der Waals surface area (Å²) in [7, 11) is 0. The van der Waals surface area contributed by atoms with Crippen molar-refractivity contribution in [2.45, 2.75) is 9.96 Å². The molecule has 3 N–H and O–H groups in total. The van der Waals surface area contributed by atoms with Crippen molar-refractivity contribution >= 4 is 86.9 Å². The number of alkyl halides is 3. The number of hydrogen-bond acceptors (Lipinski definition) is 3. The molecule has 2 rings (SSSR count). The molecule has 0 aliphatic rings. The Bertz CT molecular complexity index is 833. The fourth-order valence-electron chi connectivity index (χ4n) is 1.95. The Morgan fingerprint density at radius 2 is 1.75 bits per heavy atom. The monoisotopic (exact) mass is 499 g/mol. The highest BCUT2D eigenvalue weighted by molar-refractivity contribution is 7.80. The second-order valence-corrected chi connectivity index (χ2v) is 8.99. The summed E-state index contributed by atoms with van der Waals surface area (Å²) in [4.78, 5) is 12.2. The lowest BCUT2D eigenvalue weighted by atomic mass is 10.3. The smallest absolute Gasteiger partial charge is 0.259 e. The minimum atomic E-state index is -1.89. The highest BCUT2D eigenvalue weighted by Crippen LogP contribution is 2.29. The van der Waals surface area contributed by atoms with Gasteiger partial charge in [0, 0.05) is 5.02 Å². The summed E-state index contributed by atoms with van der Waals surface area (Å²) in [6.45, 7) is -0.272. The number of rotatable bonds is 6. The minimum Gasteiger partial charge on any atom is -0.484 e. The lowest BCUT2D eigenvalue weighted by Gasteiger charge is -2.27. The highest BCUT2D eigenvalue weighted by atomic mass is 35.6. The van der Waals surface area contributed by atoms with E-state index in [1.807, 2.05) is 6.07 Å². The molecule has 0 aromatic heterocycles. The van der Waals surface area contributed by atoms with E-state index >= 15 is 0 Å². The molecule has 0 aliphatic heterocycles. The van der Waals surface area contributed by atoms with Crippen LogP contribution >= 0.6 is 70.2 Å². The van der Waals surface area contributed by atoms with Gasteiger partial charge in [-0.2, -0.15) is 0 Å². The quantitative estimate of drug-likeness (QED) is 0.290. The van der Waals surface area contributed by atoms with Crippen molar-refractivity contribution in [3.05, 3.63) is 58.6 Å². The zero-order valence-electron chi connectivity index (χ0n) is 14.0. The molecular formula is C17H14Cl5N3O2S. The van der Waals surface area contributed by atoms with E-state index in [4.69, 9.17) is 75.0 Å². The number of hydrogen-bond donors (Lipinski definition) is 3. The van der Waals surface area contributed by atoms with E-state index < -0.39 is 15.9 Å². The van der Waals surface area contributed by atoms with E-state index in [2.05, 4.69) is 16.0 Å². The average molecular weight is 502 g/mol. The van der Waals surface area contributed by atoms with Crippen molar-refractivity contribution in [3.8, 4) is 5.75 Å². The van der Waals surface area contributed by atoms with Crippen LogP contribution < -0.4 is 20.7 Å². The number of halogens is 5. The molecule has 0 bridgehead atoms. The van der Waals surface area contributed by atoms with E-state index in [1.165, 1.54) is 0 Å². The fraction of sp³-hybridized carbons (Fsp3) is 0.176. The molecule has 0 radical (unpaired) electrons. The van der Waals surface area contributed by atoms with Gasteiger partial charge < -0.3 is 20.7 Å². The maximum atomic E-state index is 12.2. The van der Waals surface area contributed by atoms with Gasteiger partial charge in [-0.05, 0) is 42.5 Å². The van der Waals surface area contributed by atoms with Gasteiger partial charge in [0.1, 0.15) is 11.9 Å². The molecule has 1 amide bonds. The molecule has 0 aliphatic carbocycles. The van der Waals surface area contributed by atoms with Crippen molar-refractivity contribution < 1.29 is 9.53 Å². The van der Waals surface area contributed by atoms with Crippen molar-refractivity contribution in [3.63, 3.8) is 0 Å². The van der Waals surface area contributed by atoms with Gasteiger partial charge in [-0.3, -0.25) is 4.79 Å². The number of nitrogens with one attached hydrogen (secondary N) is 3. The number of ether oxygens (including phenoxy) is 1. The molecule has 0 saturated heterocycles. The van der Waals surface area contributed by atoms with Crippen LogP contribution in [0.1, 0.15) is 0 Å². The van der Waals surface area contributed by atoms with Gasteiger partial charge >= 0.3 is 0 Å². The maximum Gasteiger partial charge on any atom is 0.259 e. The summed E-state index contributed by atoms with van der Waals surface area (Å²) in [6.07, 6.45) is -1.13. The molecule has 0 fully saturated rings. The average Bonchev–Trinajstić information content (AvgIpc) is 2.62. The topological polar surface area (TPSA) is 62.4 Å². The Kier molecular flexibility index (Phi) is 8.74. The molecule has 2 aromatic carbocycles. The van der Waals surface area contributed by atoms with E-state index in [9.17, 15) is 4.79 Å². The molecule has 28 heavy (non-hydrogen) atoms. The molecule has 5 nitrogen and oxygen atoms in total. The van der Waals surface area contributed by atoms with Gasteiger partial charge in [-0.1, -0.05) is 76.2 Å². The Hall–Kier alpha value is -1.15. The Balaban J connectivity index is 1.95.